The van der Waals surface area contributed by atoms with E-state index in [-0.39, 0.29) is 12.0 Å². The monoisotopic (exact) mass is 375 g/mol. The van der Waals surface area contributed by atoms with E-state index >= 15 is 0 Å². The maximum absolute atomic E-state index is 12.1. The van der Waals surface area contributed by atoms with Gasteiger partial charge in [-0.1, -0.05) is 35.9 Å². The van der Waals surface area contributed by atoms with E-state index in [1.807, 2.05) is 44.2 Å². The van der Waals surface area contributed by atoms with Crippen LogP contribution in [0, 0.1) is 0 Å². The van der Waals surface area contributed by atoms with Crippen LogP contribution in [0.1, 0.15) is 32.8 Å². The molecule has 5 heteroatoms. The van der Waals surface area contributed by atoms with E-state index in [4.69, 9.17) is 21.1 Å². The van der Waals surface area contributed by atoms with Crippen molar-refractivity contribution in [3.63, 3.8) is 0 Å². The Labute approximate surface area is 160 Å². The summed E-state index contributed by atoms with van der Waals surface area (Å²) in [5, 5.41) is 3.40. The third-order valence-corrected chi connectivity index (χ3v) is 4.03. The molecule has 26 heavy (non-hydrogen) atoms. The highest BCUT2D eigenvalue weighted by atomic mass is 35.5. The minimum absolute atomic E-state index is 0.151. The maximum Gasteiger partial charge on any atom is 0.260 e. The standard InChI is InChI=1S/C21H26ClNO3/c1-15(2)25-18-10-6-8-17(14-18)9-7-13-23-21(24)16(3)26-20-12-5-4-11-19(20)22/h4-6,8,10-12,14-16H,7,9,13H2,1-3H3,(H,23,24)/t16-/m1/s1. The van der Waals surface area contributed by atoms with Gasteiger partial charge in [-0.05, 0) is 63.4 Å². The van der Waals surface area contributed by atoms with E-state index < -0.39 is 6.10 Å². The first-order valence-electron chi connectivity index (χ1n) is 8.90. The molecule has 0 fully saturated rings. The SMILES string of the molecule is CC(C)Oc1cccc(CCCNC(=O)[C@@H](C)Oc2ccccc2Cl)c1. The third-order valence-electron chi connectivity index (χ3n) is 3.72. The number of carbonyl (C=O) groups excluding carboxylic acids is 1. The summed E-state index contributed by atoms with van der Waals surface area (Å²) < 4.78 is 11.3. The molecular formula is C21H26ClNO3. The Bertz CT molecular complexity index is 718. The van der Waals surface area contributed by atoms with Crippen molar-refractivity contribution >= 4 is 17.5 Å². The molecule has 0 saturated heterocycles. The van der Waals surface area contributed by atoms with Crippen LogP contribution in [-0.2, 0) is 11.2 Å². The molecule has 2 rings (SSSR count). The third kappa shape index (κ3) is 6.60. The zero-order valence-corrected chi connectivity index (χ0v) is 16.3. The molecule has 0 aliphatic carbocycles. The average molecular weight is 376 g/mol. The molecule has 2 aromatic rings. The largest absolute Gasteiger partial charge is 0.491 e. The number of carbonyl (C=O) groups is 1. The average Bonchev–Trinajstić information content (AvgIpc) is 2.60. The highest BCUT2D eigenvalue weighted by Crippen LogP contribution is 2.24. The molecule has 0 aliphatic heterocycles. The van der Waals surface area contributed by atoms with Crippen molar-refractivity contribution in [3.8, 4) is 11.5 Å². The van der Waals surface area contributed by atoms with Crippen LogP contribution in [0.5, 0.6) is 11.5 Å². The lowest BCUT2D eigenvalue weighted by Gasteiger charge is -2.15. The summed E-state index contributed by atoms with van der Waals surface area (Å²) >= 11 is 6.04. The summed E-state index contributed by atoms with van der Waals surface area (Å²) in [6.07, 6.45) is 1.27. The van der Waals surface area contributed by atoms with Gasteiger partial charge in [-0.15, -0.1) is 0 Å². The zero-order chi connectivity index (χ0) is 18.9. The molecule has 0 saturated carbocycles. The minimum atomic E-state index is -0.599. The van der Waals surface area contributed by atoms with Gasteiger partial charge in [0.1, 0.15) is 11.5 Å². The number of rotatable bonds is 9. The summed E-state index contributed by atoms with van der Waals surface area (Å²) in [7, 11) is 0. The van der Waals surface area contributed by atoms with Crippen LogP contribution < -0.4 is 14.8 Å². The molecule has 0 heterocycles. The van der Waals surface area contributed by atoms with Crippen LogP contribution in [0.2, 0.25) is 5.02 Å². The second-order valence-electron chi connectivity index (χ2n) is 6.40. The molecule has 0 bridgehead atoms. The molecule has 140 valence electrons. The summed E-state index contributed by atoms with van der Waals surface area (Å²) in [5.74, 6) is 1.24. The highest BCUT2D eigenvalue weighted by Gasteiger charge is 2.15. The quantitative estimate of drug-likeness (QED) is 0.649. The Balaban J connectivity index is 1.73. The van der Waals surface area contributed by atoms with Crippen molar-refractivity contribution < 1.29 is 14.3 Å². The molecule has 0 radical (unpaired) electrons. The van der Waals surface area contributed by atoms with Crippen LogP contribution in [0.15, 0.2) is 48.5 Å². The molecule has 0 unspecified atom stereocenters. The lowest BCUT2D eigenvalue weighted by molar-refractivity contribution is -0.127. The van der Waals surface area contributed by atoms with Gasteiger partial charge < -0.3 is 14.8 Å². The number of hydrogen-bond acceptors (Lipinski definition) is 3. The predicted molar refractivity (Wildman–Crippen MR) is 105 cm³/mol. The van der Waals surface area contributed by atoms with E-state index in [2.05, 4.69) is 11.4 Å². The van der Waals surface area contributed by atoms with Crippen molar-refractivity contribution in [1.29, 1.82) is 0 Å². The van der Waals surface area contributed by atoms with Crippen LogP contribution in [0.4, 0.5) is 0 Å². The minimum Gasteiger partial charge on any atom is -0.491 e. The molecular weight excluding hydrogens is 350 g/mol. The van der Waals surface area contributed by atoms with Gasteiger partial charge in [0.05, 0.1) is 11.1 Å². The number of benzene rings is 2. The van der Waals surface area contributed by atoms with Crippen LogP contribution in [-0.4, -0.2) is 24.7 Å². The van der Waals surface area contributed by atoms with E-state index in [1.165, 1.54) is 5.56 Å². The molecule has 4 nitrogen and oxygen atoms in total. The second kappa shape index (κ2) is 10.1. The number of hydrogen-bond donors (Lipinski definition) is 1. The summed E-state index contributed by atoms with van der Waals surface area (Å²) in [6, 6.07) is 15.2. The van der Waals surface area contributed by atoms with Crippen LogP contribution >= 0.6 is 11.6 Å². The van der Waals surface area contributed by atoms with Crippen LogP contribution in [0.3, 0.4) is 0 Å². The first-order valence-corrected chi connectivity index (χ1v) is 9.28. The lowest BCUT2D eigenvalue weighted by atomic mass is 10.1. The molecule has 0 aromatic heterocycles. The van der Waals surface area contributed by atoms with Crippen molar-refractivity contribution in [1.82, 2.24) is 5.32 Å². The van der Waals surface area contributed by atoms with Gasteiger partial charge in [0.25, 0.3) is 5.91 Å². The van der Waals surface area contributed by atoms with Gasteiger partial charge in [0.2, 0.25) is 0 Å². The Hall–Kier alpha value is -2.20. The van der Waals surface area contributed by atoms with Crippen molar-refractivity contribution in [3.05, 3.63) is 59.1 Å². The molecule has 0 aliphatic rings. The van der Waals surface area contributed by atoms with Crippen molar-refractivity contribution in [2.45, 2.75) is 45.8 Å². The van der Waals surface area contributed by atoms with Gasteiger partial charge in [-0.3, -0.25) is 4.79 Å². The Kier molecular flexibility index (Phi) is 7.79. The van der Waals surface area contributed by atoms with E-state index in [9.17, 15) is 4.79 Å². The zero-order valence-electron chi connectivity index (χ0n) is 15.5. The fourth-order valence-electron chi connectivity index (χ4n) is 2.48. The number of amides is 1. The second-order valence-corrected chi connectivity index (χ2v) is 6.81. The van der Waals surface area contributed by atoms with Gasteiger partial charge >= 0.3 is 0 Å². The smallest absolute Gasteiger partial charge is 0.260 e. The normalized spacial score (nSPS) is 11.9. The highest BCUT2D eigenvalue weighted by molar-refractivity contribution is 6.32. The number of nitrogens with one attached hydrogen (secondary N) is 1. The molecule has 1 amide bonds. The number of aryl methyl sites for hydroxylation is 1. The van der Waals surface area contributed by atoms with Crippen molar-refractivity contribution in [2.75, 3.05) is 6.54 Å². The predicted octanol–water partition coefficient (Wildman–Crippen LogP) is 4.64. The topological polar surface area (TPSA) is 47.6 Å². The van der Waals surface area contributed by atoms with Gasteiger partial charge in [0, 0.05) is 6.54 Å². The van der Waals surface area contributed by atoms with Gasteiger partial charge in [0.15, 0.2) is 6.10 Å². The molecule has 2 aromatic carbocycles. The maximum atomic E-state index is 12.1. The Morgan fingerprint density at radius 3 is 2.58 bits per heavy atom. The fourth-order valence-corrected chi connectivity index (χ4v) is 2.66. The summed E-state index contributed by atoms with van der Waals surface area (Å²) in [5.41, 5.74) is 1.19. The molecule has 1 N–H and O–H groups in total. The van der Waals surface area contributed by atoms with Gasteiger partial charge in [-0.25, -0.2) is 0 Å². The number of halogens is 1. The van der Waals surface area contributed by atoms with Crippen molar-refractivity contribution in [2.24, 2.45) is 0 Å². The first-order chi connectivity index (χ1) is 12.5. The lowest BCUT2D eigenvalue weighted by Crippen LogP contribution is -2.37. The van der Waals surface area contributed by atoms with E-state index in [1.54, 1.807) is 19.1 Å². The summed E-state index contributed by atoms with van der Waals surface area (Å²) in [4.78, 5) is 12.1. The van der Waals surface area contributed by atoms with E-state index in [0.717, 1.165) is 18.6 Å². The Morgan fingerprint density at radius 2 is 1.85 bits per heavy atom. The molecule has 1 atom stereocenters. The first kappa shape index (κ1) is 20.1. The number of ether oxygens (including phenoxy) is 2. The fraction of sp³-hybridized carbons (Fsp3) is 0.381. The molecule has 0 spiro atoms. The summed E-state index contributed by atoms with van der Waals surface area (Å²) in [6.45, 7) is 6.32. The Morgan fingerprint density at radius 1 is 1.08 bits per heavy atom. The number of para-hydroxylation sites is 1. The van der Waals surface area contributed by atoms with Crippen LogP contribution in [0.25, 0.3) is 0 Å². The van der Waals surface area contributed by atoms with E-state index in [0.29, 0.717) is 17.3 Å². The van der Waals surface area contributed by atoms with Gasteiger partial charge in [-0.2, -0.15) is 0 Å².